The maximum Gasteiger partial charge on any atom is 0.311 e. The lowest BCUT2D eigenvalue weighted by molar-refractivity contribution is -0.160. The number of aliphatic hydroxyl groups is 1. The first-order valence-electron chi connectivity index (χ1n) is 9.76. The number of methoxy groups -OCH3 is 1. The Bertz CT molecular complexity index is 845. The monoisotopic (exact) mass is 354 g/mol. The van der Waals surface area contributed by atoms with E-state index in [1.165, 1.54) is 29.3 Å². The lowest BCUT2D eigenvalue weighted by Crippen LogP contribution is -2.53. The third-order valence-corrected chi connectivity index (χ3v) is 7.02. The number of aromatic nitrogens is 1. The van der Waals surface area contributed by atoms with Gasteiger partial charge in [0.15, 0.2) is 0 Å². The van der Waals surface area contributed by atoms with Gasteiger partial charge in [0.25, 0.3) is 0 Å². The van der Waals surface area contributed by atoms with Crippen LogP contribution in [0.2, 0.25) is 0 Å². The molecular formula is C21H26N2O3. The molecule has 3 aliphatic rings. The van der Waals surface area contributed by atoms with E-state index in [1.807, 2.05) is 0 Å². The van der Waals surface area contributed by atoms with E-state index >= 15 is 0 Å². The van der Waals surface area contributed by atoms with E-state index in [4.69, 9.17) is 4.74 Å². The van der Waals surface area contributed by atoms with Crippen molar-refractivity contribution < 1.29 is 14.6 Å². The molecule has 1 saturated carbocycles. The standard InChI is InChI=1S/C21H26N2O3/c1-26-21(25)19-15-10-17-20-14(13-4-2-3-5-16(13)22-20)8-9-23(17)11-12(15)6-7-18(19)24/h2-5,12,15,17-19,22,24H,6-11H2,1H3/t12-,15-,17-,18?,19-/m0/s1. The second-order valence-electron chi connectivity index (χ2n) is 8.18. The number of nitrogens with zero attached hydrogens (tertiary/aromatic N) is 1. The summed E-state index contributed by atoms with van der Waals surface area (Å²) in [5.74, 6) is 0.0541. The molecule has 26 heavy (non-hydrogen) atoms. The molecule has 1 aliphatic carbocycles. The maximum atomic E-state index is 12.4. The highest BCUT2D eigenvalue weighted by atomic mass is 16.5. The molecule has 5 atom stereocenters. The summed E-state index contributed by atoms with van der Waals surface area (Å²) in [7, 11) is 1.43. The molecule has 3 heterocycles. The van der Waals surface area contributed by atoms with Crippen LogP contribution in [0.5, 0.6) is 0 Å². The van der Waals surface area contributed by atoms with E-state index in [-0.39, 0.29) is 17.8 Å². The van der Waals surface area contributed by atoms with Crippen LogP contribution in [0.1, 0.15) is 36.6 Å². The number of nitrogens with one attached hydrogen (secondary N) is 1. The van der Waals surface area contributed by atoms with Crippen LogP contribution in [0.3, 0.4) is 0 Å². The second kappa shape index (κ2) is 6.10. The minimum atomic E-state index is -0.568. The first-order valence-corrected chi connectivity index (χ1v) is 9.76. The third kappa shape index (κ3) is 2.33. The number of esters is 1. The van der Waals surface area contributed by atoms with Gasteiger partial charge in [-0.2, -0.15) is 0 Å². The Morgan fingerprint density at radius 1 is 1.31 bits per heavy atom. The van der Waals surface area contributed by atoms with E-state index in [1.54, 1.807) is 0 Å². The highest BCUT2D eigenvalue weighted by molar-refractivity contribution is 5.85. The molecule has 2 fully saturated rings. The van der Waals surface area contributed by atoms with Crippen LogP contribution in [-0.4, -0.2) is 47.3 Å². The van der Waals surface area contributed by atoms with Gasteiger partial charge in [0, 0.05) is 29.7 Å². The van der Waals surface area contributed by atoms with Crippen molar-refractivity contribution >= 4 is 16.9 Å². The van der Waals surface area contributed by atoms with Gasteiger partial charge >= 0.3 is 5.97 Å². The number of fused-ring (bicyclic) bond motifs is 6. The quantitative estimate of drug-likeness (QED) is 0.773. The summed E-state index contributed by atoms with van der Waals surface area (Å²) < 4.78 is 5.04. The maximum absolute atomic E-state index is 12.4. The van der Waals surface area contributed by atoms with Gasteiger partial charge in [0.2, 0.25) is 0 Å². The molecule has 0 amide bonds. The van der Waals surface area contributed by atoms with Crippen molar-refractivity contribution in [1.82, 2.24) is 9.88 Å². The van der Waals surface area contributed by atoms with Crippen LogP contribution in [0.4, 0.5) is 0 Å². The number of carbonyl (C=O) groups is 1. The number of benzene rings is 1. The van der Waals surface area contributed by atoms with Crippen molar-refractivity contribution in [2.75, 3.05) is 20.2 Å². The molecule has 5 rings (SSSR count). The Balaban J connectivity index is 1.52. The fourth-order valence-electron chi connectivity index (χ4n) is 5.80. The average Bonchev–Trinajstić information content (AvgIpc) is 3.05. The molecule has 5 heteroatoms. The van der Waals surface area contributed by atoms with Crippen LogP contribution in [0.15, 0.2) is 24.3 Å². The van der Waals surface area contributed by atoms with E-state index in [9.17, 15) is 9.90 Å². The zero-order valence-corrected chi connectivity index (χ0v) is 15.1. The summed E-state index contributed by atoms with van der Waals surface area (Å²) in [6.45, 7) is 2.10. The van der Waals surface area contributed by atoms with Crippen LogP contribution in [-0.2, 0) is 16.0 Å². The first-order chi connectivity index (χ1) is 12.7. The number of hydrogen-bond donors (Lipinski definition) is 2. The number of ether oxygens (including phenoxy) is 1. The molecular weight excluding hydrogens is 328 g/mol. The molecule has 5 nitrogen and oxygen atoms in total. The summed E-state index contributed by atoms with van der Waals surface area (Å²) in [5.41, 5.74) is 3.96. The van der Waals surface area contributed by atoms with Gasteiger partial charge in [0.1, 0.15) is 0 Å². The molecule has 138 valence electrons. The predicted octanol–water partition coefficient (Wildman–Crippen LogP) is 2.65. The smallest absolute Gasteiger partial charge is 0.311 e. The number of H-pyrrole nitrogens is 1. The minimum Gasteiger partial charge on any atom is -0.469 e. The normalized spacial score (nSPS) is 34.0. The van der Waals surface area contributed by atoms with Gasteiger partial charge in [-0.1, -0.05) is 18.2 Å². The molecule has 1 unspecified atom stereocenters. The lowest BCUT2D eigenvalue weighted by atomic mass is 9.65. The SMILES string of the molecule is COC(=O)[C@@H]1C(O)CC[C@H]2CN3CCc4c([nH]c5ccccc45)[C@@H]3C[C@@H]21. The number of aromatic amines is 1. The van der Waals surface area contributed by atoms with Crippen molar-refractivity contribution in [1.29, 1.82) is 0 Å². The van der Waals surface area contributed by atoms with Crippen LogP contribution in [0.25, 0.3) is 10.9 Å². The van der Waals surface area contributed by atoms with Crippen LogP contribution >= 0.6 is 0 Å². The Morgan fingerprint density at radius 2 is 2.15 bits per heavy atom. The molecule has 2 aliphatic heterocycles. The topological polar surface area (TPSA) is 65.6 Å². The third-order valence-electron chi connectivity index (χ3n) is 7.02. The summed E-state index contributed by atoms with van der Waals surface area (Å²) in [6, 6.07) is 8.83. The molecule has 2 N–H and O–H groups in total. The molecule has 0 spiro atoms. The van der Waals surface area contributed by atoms with Gasteiger partial charge < -0.3 is 14.8 Å². The lowest BCUT2D eigenvalue weighted by Gasteiger charge is -2.50. The number of aliphatic hydroxyl groups excluding tert-OH is 1. The van der Waals surface area contributed by atoms with Crippen molar-refractivity contribution in [3.63, 3.8) is 0 Å². The first kappa shape index (κ1) is 16.3. The Labute approximate surface area is 153 Å². The number of hydrogen-bond acceptors (Lipinski definition) is 4. The fraction of sp³-hybridized carbons (Fsp3) is 0.571. The zero-order chi connectivity index (χ0) is 17.8. The molecule has 0 bridgehead atoms. The Kier molecular flexibility index (Phi) is 3.83. The number of rotatable bonds is 1. The number of para-hydroxylation sites is 1. The highest BCUT2D eigenvalue weighted by Gasteiger charge is 2.49. The van der Waals surface area contributed by atoms with Crippen LogP contribution in [0, 0.1) is 17.8 Å². The molecule has 1 aromatic carbocycles. The van der Waals surface area contributed by atoms with Gasteiger partial charge in [-0.05, 0) is 49.1 Å². The summed E-state index contributed by atoms with van der Waals surface area (Å²) in [6.07, 6.45) is 3.14. The predicted molar refractivity (Wildman–Crippen MR) is 98.7 cm³/mol. The second-order valence-corrected chi connectivity index (χ2v) is 8.18. The average molecular weight is 354 g/mol. The zero-order valence-electron chi connectivity index (χ0n) is 15.1. The number of piperidine rings is 1. The van der Waals surface area contributed by atoms with Gasteiger partial charge in [-0.25, -0.2) is 0 Å². The van der Waals surface area contributed by atoms with Gasteiger partial charge in [-0.3, -0.25) is 9.69 Å². The van der Waals surface area contributed by atoms with Crippen molar-refractivity contribution in [3.8, 4) is 0 Å². The van der Waals surface area contributed by atoms with Crippen molar-refractivity contribution in [2.24, 2.45) is 17.8 Å². The number of carbonyl (C=O) groups excluding carboxylic acids is 1. The summed E-state index contributed by atoms with van der Waals surface area (Å²) in [5, 5.41) is 11.8. The van der Waals surface area contributed by atoms with E-state index in [2.05, 4.69) is 34.1 Å². The van der Waals surface area contributed by atoms with Gasteiger partial charge in [0.05, 0.1) is 25.2 Å². The summed E-state index contributed by atoms with van der Waals surface area (Å²) >= 11 is 0. The Hall–Kier alpha value is -1.85. The summed E-state index contributed by atoms with van der Waals surface area (Å²) in [4.78, 5) is 18.6. The molecule has 1 saturated heterocycles. The molecule has 2 aromatic rings. The van der Waals surface area contributed by atoms with E-state index in [0.717, 1.165) is 32.4 Å². The fourth-order valence-corrected chi connectivity index (χ4v) is 5.80. The largest absolute Gasteiger partial charge is 0.469 e. The molecule has 1 aromatic heterocycles. The Morgan fingerprint density at radius 3 is 3.00 bits per heavy atom. The highest BCUT2D eigenvalue weighted by Crippen LogP contribution is 2.49. The van der Waals surface area contributed by atoms with Gasteiger partial charge in [-0.15, -0.1) is 0 Å². The minimum absolute atomic E-state index is 0.199. The van der Waals surface area contributed by atoms with Crippen molar-refractivity contribution in [3.05, 3.63) is 35.5 Å². The van der Waals surface area contributed by atoms with Crippen molar-refractivity contribution in [2.45, 2.75) is 37.8 Å². The van der Waals surface area contributed by atoms with E-state index < -0.39 is 6.10 Å². The van der Waals surface area contributed by atoms with Crippen LogP contribution < -0.4 is 0 Å². The molecule has 0 radical (unpaired) electrons. The van der Waals surface area contributed by atoms with E-state index in [0.29, 0.717) is 18.4 Å².